The Bertz CT molecular complexity index is 902. The van der Waals surface area contributed by atoms with Crippen LogP contribution in [0.4, 0.5) is 13.2 Å². The van der Waals surface area contributed by atoms with E-state index in [2.05, 4.69) is 10.1 Å². The molecule has 1 aromatic carbocycles. The van der Waals surface area contributed by atoms with Gasteiger partial charge in [0, 0.05) is 13.0 Å². The first-order valence-corrected chi connectivity index (χ1v) is 8.26. The highest BCUT2D eigenvalue weighted by Crippen LogP contribution is 2.34. The second-order valence-electron chi connectivity index (χ2n) is 5.44. The van der Waals surface area contributed by atoms with E-state index in [1.54, 1.807) is 0 Å². The summed E-state index contributed by atoms with van der Waals surface area (Å²) in [5.41, 5.74) is -1.73. The number of aryl methyl sites for hydroxylation is 1. The summed E-state index contributed by atoms with van der Waals surface area (Å²) in [7, 11) is -4.48. The first kappa shape index (κ1) is 16.9. The SMILES string of the molecule is Cc1noc([C@]2(O)CCN(S(=O)(=O)c3ccc(F)c(F)c3F)C2)n1. The van der Waals surface area contributed by atoms with E-state index in [1.807, 2.05) is 0 Å². The average molecular weight is 363 g/mol. The van der Waals surface area contributed by atoms with Gasteiger partial charge in [-0.25, -0.2) is 21.6 Å². The second kappa shape index (κ2) is 5.53. The fraction of sp³-hybridized carbons (Fsp3) is 0.385. The normalized spacial score (nSPS) is 22.2. The molecular formula is C13H12F3N3O4S. The van der Waals surface area contributed by atoms with Crippen molar-refractivity contribution in [1.82, 2.24) is 14.4 Å². The summed E-state index contributed by atoms with van der Waals surface area (Å²) < 4.78 is 70.6. The summed E-state index contributed by atoms with van der Waals surface area (Å²) in [6, 6.07) is 1.16. The number of benzene rings is 1. The molecule has 0 unspecified atom stereocenters. The molecule has 1 fully saturated rings. The number of hydrogen-bond donors (Lipinski definition) is 1. The molecule has 2 heterocycles. The molecule has 0 amide bonds. The van der Waals surface area contributed by atoms with E-state index >= 15 is 0 Å². The van der Waals surface area contributed by atoms with Crippen molar-refractivity contribution >= 4 is 10.0 Å². The predicted octanol–water partition coefficient (Wildman–Crippen LogP) is 1.08. The van der Waals surface area contributed by atoms with Crippen molar-refractivity contribution in [2.24, 2.45) is 0 Å². The van der Waals surface area contributed by atoms with Gasteiger partial charge in [0.15, 0.2) is 28.9 Å². The van der Waals surface area contributed by atoms with Crippen LogP contribution in [0.2, 0.25) is 0 Å². The Balaban J connectivity index is 1.94. The highest BCUT2D eigenvalue weighted by atomic mass is 32.2. The third-order valence-corrected chi connectivity index (χ3v) is 5.62. The Labute approximate surface area is 134 Å². The Hall–Kier alpha value is -1.98. The molecule has 0 saturated carbocycles. The van der Waals surface area contributed by atoms with E-state index < -0.39 is 44.5 Å². The van der Waals surface area contributed by atoms with Gasteiger partial charge in [-0.1, -0.05) is 5.16 Å². The molecule has 3 rings (SSSR count). The van der Waals surface area contributed by atoms with E-state index in [4.69, 9.17) is 4.52 Å². The molecule has 1 aliphatic heterocycles. The molecule has 0 spiro atoms. The van der Waals surface area contributed by atoms with Crippen molar-refractivity contribution in [2.45, 2.75) is 23.8 Å². The highest BCUT2D eigenvalue weighted by Gasteiger charge is 2.47. The smallest absolute Gasteiger partial charge is 0.260 e. The van der Waals surface area contributed by atoms with E-state index in [1.165, 1.54) is 6.92 Å². The van der Waals surface area contributed by atoms with Gasteiger partial charge in [0.1, 0.15) is 4.90 Å². The van der Waals surface area contributed by atoms with E-state index in [-0.39, 0.29) is 24.7 Å². The molecule has 7 nitrogen and oxygen atoms in total. The van der Waals surface area contributed by atoms with E-state index in [9.17, 15) is 26.7 Å². The quantitative estimate of drug-likeness (QED) is 0.820. The van der Waals surface area contributed by atoms with Gasteiger partial charge in [0.2, 0.25) is 10.0 Å². The maximum Gasteiger partial charge on any atom is 0.260 e. The molecule has 0 aliphatic carbocycles. The first-order chi connectivity index (χ1) is 11.1. The Kier molecular flexibility index (Phi) is 3.89. The number of rotatable bonds is 3. The summed E-state index contributed by atoms with van der Waals surface area (Å²) in [6.07, 6.45) is -0.0703. The van der Waals surface area contributed by atoms with Crippen molar-refractivity contribution < 1.29 is 31.2 Å². The highest BCUT2D eigenvalue weighted by molar-refractivity contribution is 7.89. The Morgan fingerprint density at radius 1 is 1.29 bits per heavy atom. The zero-order valence-corrected chi connectivity index (χ0v) is 13.1. The third-order valence-electron chi connectivity index (χ3n) is 3.76. The lowest BCUT2D eigenvalue weighted by Crippen LogP contribution is -2.35. The average Bonchev–Trinajstić information content (AvgIpc) is 3.12. The van der Waals surface area contributed by atoms with E-state index in [0.29, 0.717) is 12.1 Å². The molecule has 1 saturated heterocycles. The molecule has 1 aliphatic rings. The van der Waals surface area contributed by atoms with Crippen LogP contribution in [0, 0.1) is 24.4 Å². The minimum atomic E-state index is -4.48. The van der Waals surface area contributed by atoms with Crippen LogP contribution in [0.3, 0.4) is 0 Å². The zero-order chi connectivity index (χ0) is 17.7. The lowest BCUT2D eigenvalue weighted by atomic mass is 10.0. The molecule has 0 bridgehead atoms. The molecule has 24 heavy (non-hydrogen) atoms. The molecule has 1 aromatic heterocycles. The van der Waals surface area contributed by atoms with Crippen molar-refractivity contribution in [3.8, 4) is 0 Å². The van der Waals surface area contributed by atoms with Crippen molar-refractivity contribution in [3.63, 3.8) is 0 Å². The number of β-amino-alcohol motifs (C(OH)–C–C–N with tert-alkyl or cyclic N) is 1. The number of hydrogen-bond acceptors (Lipinski definition) is 6. The summed E-state index contributed by atoms with van der Waals surface area (Å²) in [4.78, 5) is 2.86. The monoisotopic (exact) mass is 363 g/mol. The number of nitrogens with zero attached hydrogens (tertiary/aromatic N) is 3. The van der Waals surface area contributed by atoms with Crippen LogP contribution in [0.5, 0.6) is 0 Å². The standard InChI is InChI=1S/C13H12F3N3O4S/c1-7-17-12(23-18-7)13(20)4-5-19(6-13)24(21,22)9-3-2-8(14)10(15)11(9)16/h2-3,20H,4-6H2,1H3/t13-/m0/s1. The van der Waals surface area contributed by atoms with Crippen LogP contribution < -0.4 is 0 Å². The van der Waals surface area contributed by atoms with Crippen LogP contribution in [0.15, 0.2) is 21.6 Å². The fourth-order valence-electron chi connectivity index (χ4n) is 2.47. The van der Waals surface area contributed by atoms with Crippen LogP contribution in [-0.2, 0) is 15.6 Å². The summed E-state index contributed by atoms with van der Waals surface area (Å²) in [5.74, 6) is -5.09. The molecule has 130 valence electrons. The topological polar surface area (TPSA) is 96.5 Å². The van der Waals surface area contributed by atoms with Gasteiger partial charge in [-0.3, -0.25) is 0 Å². The molecule has 1 atom stereocenters. The summed E-state index contributed by atoms with van der Waals surface area (Å²) in [5, 5.41) is 14.0. The third kappa shape index (κ3) is 2.58. The zero-order valence-electron chi connectivity index (χ0n) is 12.3. The summed E-state index contributed by atoms with van der Waals surface area (Å²) >= 11 is 0. The van der Waals surface area contributed by atoms with Gasteiger partial charge in [-0.05, 0) is 19.1 Å². The van der Waals surface area contributed by atoms with Crippen LogP contribution in [0.25, 0.3) is 0 Å². The first-order valence-electron chi connectivity index (χ1n) is 6.82. The van der Waals surface area contributed by atoms with Crippen molar-refractivity contribution in [3.05, 3.63) is 41.3 Å². The summed E-state index contributed by atoms with van der Waals surface area (Å²) in [6.45, 7) is 0.866. The Morgan fingerprint density at radius 2 is 2.00 bits per heavy atom. The molecule has 1 N–H and O–H groups in total. The van der Waals surface area contributed by atoms with Gasteiger partial charge in [0.05, 0.1) is 6.54 Å². The largest absolute Gasteiger partial charge is 0.379 e. The lowest BCUT2D eigenvalue weighted by molar-refractivity contribution is 0.0194. The molecule has 0 radical (unpaired) electrons. The second-order valence-corrected chi connectivity index (χ2v) is 7.35. The van der Waals surface area contributed by atoms with Crippen LogP contribution in [-0.4, -0.2) is 41.1 Å². The van der Waals surface area contributed by atoms with Gasteiger partial charge in [-0.2, -0.15) is 9.29 Å². The predicted molar refractivity (Wildman–Crippen MR) is 72.6 cm³/mol. The van der Waals surface area contributed by atoms with Gasteiger partial charge in [0.25, 0.3) is 5.89 Å². The number of halogens is 3. The van der Waals surface area contributed by atoms with E-state index in [0.717, 1.165) is 4.31 Å². The molecule has 11 heteroatoms. The minimum absolute atomic E-state index is 0.0703. The molecular weight excluding hydrogens is 351 g/mol. The van der Waals surface area contributed by atoms with Crippen LogP contribution in [0.1, 0.15) is 18.1 Å². The van der Waals surface area contributed by atoms with Gasteiger partial charge >= 0.3 is 0 Å². The van der Waals surface area contributed by atoms with Crippen molar-refractivity contribution in [2.75, 3.05) is 13.1 Å². The maximum absolute atomic E-state index is 13.8. The van der Waals surface area contributed by atoms with Gasteiger partial charge in [-0.15, -0.1) is 0 Å². The lowest BCUT2D eigenvalue weighted by Gasteiger charge is -2.20. The Morgan fingerprint density at radius 3 is 2.62 bits per heavy atom. The minimum Gasteiger partial charge on any atom is -0.379 e. The number of sulfonamides is 1. The molecule has 2 aromatic rings. The van der Waals surface area contributed by atoms with Gasteiger partial charge < -0.3 is 9.63 Å². The van der Waals surface area contributed by atoms with Crippen LogP contribution >= 0.6 is 0 Å². The fourth-order valence-corrected chi connectivity index (χ4v) is 4.02. The van der Waals surface area contributed by atoms with Crippen molar-refractivity contribution in [1.29, 1.82) is 0 Å². The number of aromatic nitrogens is 2. The number of aliphatic hydroxyl groups is 1. The maximum atomic E-state index is 13.8.